The van der Waals surface area contributed by atoms with Crippen LogP contribution in [-0.2, 0) is 11.8 Å². The second-order valence-electron chi connectivity index (χ2n) is 7.57. The summed E-state index contributed by atoms with van der Waals surface area (Å²) in [7, 11) is 1.84. The molecule has 2 saturated carbocycles. The molecule has 2 aromatic rings. The van der Waals surface area contributed by atoms with Crippen LogP contribution in [0.1, 0.15) is 36.2 Å². The van der Waals surface area contributed by atoms with Crippen LogP contribution >= 0.6 is 11.8 Å². The fourth-order valence-electron chi connectivity index (χ4n) is 4.40. The lowest BCUT2D eigenvalue weighted by molar-refractivity contribution is -0.117. The highest BCUT2D eigenvalue weighted by Crippen LogP contribution is 2.47. The minimum absolute atomic E-state index is 0.0490. The van der Waals surface area contributed by atoms with Gasteiger partial charge in [0.25, 0.3) is 5.91 Å². The Labute approximate surface area is 167 Å². The molecule has 2 amide bonds. The van der Waals surface area contributed by atoms with E-state index in [4.69, 9.17) is 0 Å². The molecule has 0 aliphatic heterocycles. The zero-order valence-electron chi connectivity index (χ0n) is 16.0. The number of carbonyl (C=O) groups excluding carboxylic acids is 2. The topological polar surface area (TPSA) is 93.8 Å². The number of hydrogen-bond donors (Lipinski definition) is 2. The molecular weight excluding hydrogens is 376 g/mol. The van der Waals surface area contributed by atoms with E-state index in [9.17, 15) is 9.59 Å². The monoisotopic (exact) mass is 400 g/mol. The SMILES string of the molecule is CS/C=C/C(=O)N[C@@H]1C[C@@H]2CC[C@@]1(NC(=O)c1cn(-c3ccn(C)n3)cn1)C2. The molecule has 148 valence electrons. The lowest BCUT2D eigenvalue weighted by Crippen LogP contribution is -2.59. The van der Waals surface area contributed by atoms with Gasteiger partial charge in [-0.1, -0.05) is 0 Å². The van der Waals surface area contributed by atoms with Crippen LogP contribution in [0.4, 0.5) is 0 Å². The van der Waals surface area contributed by atoms with E-state index in [2.05, 4.69) is 20.7 Å². The lowest BCUT2D eigenvalue weighted by atomic mass is 9.88. The molecular formula is C19H24N6O2S. The van der Waals surface area contributed by atoms with Gasteiger partial charge in [0.1, 0.15) is 12.0 Å². The molecule has 8 nitrogen and oxygen atoms in total. The van der Waals surface area contributed by atoms with Gasteiger partial charge in [0, 0.05) is 31.6 Å². The van der Waals surface area contributed by atoms with Gasteiger partial charge in [0.2, 0.25) is 5.91 Å². The number of carbonyl (C=O) groups is 2. The van der Waals surface area contributed by atoms with Crippen molar-refractivity contribution in [2.24, 2.45) is 13.0 Å². The minimum atomic E-state index is -0.389. The van der Waals surface area contributed by atoms with Crippen molar-refractivity contribution in [1.82, 2.24) is 30.0 Å². The van der Waals surface area contributed by atoms with Crippen molar-refractivity contribution in [2.75, 3.05) is 6.26 Å². The van der Waals surface area contributed by atoms with Crippen LogP contribution in [0.25, 0.3) is 5.82 Å². The Morgan fingerprint density at radius 3 is 3.00 bits per heavy atom. The second-order valence-corrected chi connectivity index (χ2v) is 8.31. The number of fused-ring (bicyclic) bond motifs is 2. The van der Waals surface area contributed by atoms with Crippen LogP contribution in [0.3, 0.4) is 0 Å². The standard InChI is InChI=1S/C19H24N6O2S/c1-24-7-4-16(23-24)25-11-14(20-12-25)18(27)22-19-6-3-13(10-19)9-15(19)21-17(26)5-8-28-2/h4-5,7-8,11-13,15H,3,6,9-10H2,1-2H3,(H,21,26)(H,22,27)/b8-5+/t13-,15+,19+/m0/s1. The largest absolute Gasteiger partial charge is 0.347 e. The molecule has 2 N–H and O–H groups in total. The zero-order chi connectivity index (χ0) is 19.7. The second kappa shape index (κ2) is 7.46. The summed E-state index contributed by atoms with van der Waals surface area (Å²) in [5.74, 6) is 0.928. The molecule has 2 bridgehead atoms. The van der Waals surface area contributed by atoms with Crippen molar-refractivity contribution >= 4 is 23.6 Å². The molecule has 2 aliphatic rings. The summed E-state index contributed by atoms with van der Waals surface area (Å²) in [5.41, 5.74) is -0.0397. The summed E-state index contributed by atoms with van der Waals surface area (Å²) in [6.07, 6.45) is 12.3. The van der Waals surface area contributed by atoms with Crippen LogP contribution < -0.4 is 10.6 Å². The van der Waals surface area contributed by atoms with E-state index >= 15 is 0 Å². The van der Waals surface area contributed by atoms with Gasteiger partial charge in [-0.05, 0) is 43.3 Å². The summed E-state index contributed by atoms with van der Waals surface area (Å²) in [5, 5.41) is 12.4. The Morgan fingerprint density at radius 1 is 1.43 bits per heavy atom. The van der Waals surface area contributed by atoms with Crippen LogP contribution in [-0.4, -0.2) is 49.0 Å². The van der Waals surface area contributed by atoms with Gasteiger partial charge in [0.05, 0.1) is 11.6 Å². The molecule has 0 unspecified atom stereocenters. The third-order valence-electron chi connectivity index (χ3n) is 5.70. The molecule has 28 heavy (non-hydrogen) atoms. The third-order valence-corrected chi connectivity index (χ3v) is 6.11. The maximum absolute atomic E-state index is 12.9. The average Bonchev–Trinajstić information content (AvgIpc) is 3.42. The number of nitrogens with zero attached hydrogens (tertiary/aromatic N) is 4. The molecule has 0 saturated heterocycles. The molecule has 9 heteroatoms. The highest BCUT2D eigenvalue weighted by atomic mass is 32.2. The Balaban J connectivity index is 1.47. The van der Waals surface area contributed by atoms with Gasteiger partial charge in [0.15, 0.2) is 5.82 Å². The van der Waals surface area contributed by atoms with Gasteiger partial charge < -0.3 is 10.6 Å². The summed E-state index contributed by atoms with van der Waals surface area (Å²) in [6.45, 7) is 0. The van der Waals surface area contributed by atoms with E-state index in [0.29, 0.717) is 17.4 Å². The normalized spacial score (nSPS) is 26.1. The number of aryl methyl sites for hydroxylation is 1. The predicted octanol–water partition coefficient (Wildman–Crippen LogP) is 1.64. The zero-order valence-corrected chi connectivity index (χ0v) is 16.8. The molecule has 0 radical (unpaired) electrons. The van der Waals surface area contributed by atoms with E-state index < -0.39 is 0 Å². The maximum Gasteiger partial charge on any atom is 0.271 e. The van der Waals surface area contributed by atoms with Crippen LogP contribution in [0, 0.1) is 5.92 Å². The fraction of sp³-hybridized carbons (Fsp3) is 0.474. The Bertz CT molecular complexity index is 919. The molecule has 3 atom stereocenters. The Morgan fingerprint density at radius 2 is 2.29 bits per heavy atom. The average molecular weight is 401 g/mol. The number of thioether (sulfide) groups is 1. The van der Waals surface area contributed by atoms with E-state index in [0.717, 1.165) is 25.7 Å². The van der Waals surface area contributed by atoms with Gasteiger partial charge in [-0.2, -0.15) is 5.10 Å². The van der Waals surface area contributed by atoms with E-state index in [1.54, 1.807) is 33.3 Å². The number of hydrogen-bond acceptors (Lipinski definition) is 5. The van der Waals surface area contributed by atoms with Crippen molar-refractivity contribution in [3.8, 4) is 5.82 Å². The number of amides is 2. The fourth-order valence-corrected chi connectivity index (χ4v) is 4.66. The smallest absolute Gasteiger partial charge is 0.271 e. The highest BCUT2D eigenvalue weighted by Gasteiger charge is 2.53. The van der Waals surface area contributed by atoms with Gasteiger partial charge >= 0.3 is 0 Å². The van der Waals surface area contributed by atoms with Crippen LogP contribution in [0.15, 0.2) is 36.3 Å². The summed E-state index contributed by atoms with van der Waals surface area (Å²) < 4.78 is 3.43. The first-order chi connectivity index (χ1) is 13.5. The number of imidazole rings is 1. The van der Waals surface area contributed by atoms with Crippen molar-refractivity contribution in [2.45, 2.75) is 37.3 Å². The van der Waals surface area contributed by atoms with Gasteiger partial charge in [-0.3, -0.25) is 18.8 Å². The molecule has 2 heterocycles. The lowest BCUT2D eigenvalue weighted by Gasteiger charge is -2.36. The van der Waals surface area contributed by atoms with Crippen LogP contribution in [0.5, 0.6) is 0 Å². The molecule has 2 aromatic heterocycles. The van der Waals surface area contributed by atoms with Gasteiger partial charge in [-0.25, -0.2) is 4.98 Å². The molecule has 0 spiro atoms. The highest BCUT2D eigenvalue weighted by molar-refractivity contribution is 8.01. The first-order valence-electron chi connectivity index (χ1n) is 9.35. The number of nitrogens with one attached hydrogen (secondary N) is 2. The van der Waals surface area contributed by atoms with Crippen molar-refractivity contribution < 1.29 is 9.59 Å². The molecule has 2 fully saturated rings. The first kappa shape index (κ1) is 18.8. The summed E-state index contributed by atoms with van der Waals surface area (Å²) in [4.78, 5) is 29.3. The van der Waals surface area contributed by atoms with Crippen molar-refractivity contribution in [1.29, 1.82) is 0 Å². The predicted molar refractivity (Wildman–Crippen MR) is 107 cm³/mol. The van der Waals surface area contributed by atoms with Gasteiger partial charge in [-0.15, -0.1) is 11.8 Å². The number of rotatable bonds is 6. The van der Waals surface area contributed by atoms with E-state index in [1.165, 1.54) is 11.8 Å². The Hall–Kier alpha value is -2.55. The van der Waals surface area contributed by atoms with Crippen LogP contribution in [0.2, 0.25) is 0 Å². The summed E-state index contributed by atoms with van der Waals surface area (Å²) in [6, 6.07) is 1.81. The molecule has 4 rings (SSSR count). The Kier molecular flexibility index (Phi) is 5.01. The third kappa shape index (κ3) is 3.58. The number of aromatic nitrogens is 4. The maximum atomic E-state index is 12.9. The van der Waals surface area contributed by atoms with Crippen molar-refractivity contribution in [3.05, 3.63) is 42.0 Å². The first-order valence-corrected chi connectivity index (χ1v) is 10.6. The molecule has 2 aliphatic carbocycles. The van der Waals surface area contributed by atoms with E-state index in [-0.39, 0.29) is 23.4 Å². The van der Waals surface area contributed by atoms with Crippen molar-refractivity contribution in [3.63, 3.8) is 0 Å². The van der Waals surface area contributed by atoms with E-state index in [1.807, 2.05) is 25.6 Å². The summed E-state index contributed by atoms with van der Waals surface area (Å²) >= 11 is 1.48. The quantitative estimate of drug-likeness (QED) is 0.719. The molecule has 0 aromatic carbocycles. The minimum Gasteiger partial charge on any atom is -0.347 e.